The number of anilines is 1. The second-order valence-corrected chi connectivity index (χ2v) is 13.1. The molecule has 0 atom stereocenters. The van der Waals surface area contributed by atoms with Crippen LogP contribution in [0.15, 0.2) is 100 Å². The van der Waals surface area contributed by atoms with Gasteiger partial charge in [0.15, 0.2) is 5.75 Å². The van der Waals surface area contributed by atoms with E-state index in [2.05, 4.69) is 42.6 Å². The maximum atomic E-state index is 12.8. The van der Waals surface area contributed by atoms with E-state index in [1.165, 1.54) is 23.8 Å². The number of hydrogen-bond donors (Lipinski definition) is 1. The van der Waals surface area contributed by atoms with Gasteiger partial charge in [0.25, 0.3) is 15.9 Å². The van der Waals surface area contributed by atoms with Crippen LogP contribution in [0.3, 0.4) is 0 Å². The number of rotatable bonds is 8. The number of carbonyl (C=O) groups is 1. The Morgan fingerprint density at radius 2 is 1.57 bits per heavy atom. The smallest absolute Gasteiger partial charge is 0.404 e. The molecule has 44 heavy (non-hydrogen) atoms. The number of alkyl halides is 3. The molecule has 0 spiro atoms. The van der Waals surface area contributed by atoms with Crippen LogP contribution in [0.25, 0.3) is 11.1 Å². The molecule has 1 amide bonds. The number of carbonyl (C=O) groups excluding carboxylic acids is 1. The molecule has 1 N–H and O–H groups in total. The van der Waals surface area contributed by atoms with Gasteiger partial charge in [-0.2, -0.15) is 0 Å². The lowest BCUT2D eigenvalue weighted by Crippen LogP contribution is -2.46. The van der Waals surface area contributed by atoms with Gasteiger partial charge in [0.05, 0.1) is 0 Å². The molecule has 0 unspecified atom stereocenters. The third-order valence-electron chi connectivity index (χ3n) is 7.08. The van der Waals surface area contributed by atoms with Gasteiger partial charge in [0.1, 0.15) is 4.90 Å². The molecule has 1 saturated heterocycles. The summed E-state index contributed by atoms with van der Waals surface area (Å²) in [6, 6.07) is 25.5. The highest BCUT2D eigenvalue weighted by Gasteiger charge is 2.35. The molecule has 1 aliphatic heterocycles. The van der Waals surface area contributed by atoms with Crippen LogP contribution in [0.1, 0.15) is 15.9 Å². The van der Waals surface area contributed by atoms with Gasteiger partial charge < -0.3 is 9.64 Å². The lowest BCUT2D eigenvalue weighted by molar-refractivity contribution is -0.275. The minimum atomic E-state index is -5.13. The summed E-state index contributed by atoms with van der Waals surface area (Å²) >= 11 is 9.05. The van der Waals surface area contributed by atoms with E-state index in [0.29, 0.717) is 5.02 Å². The van der Waals surface area contributed by atoms with E-state index in [1.807, 2.05) is 41.1 Å². The fraction of sp³-hybridized carbons (Fsp3) is 0.194. The first-order valence-corrected chi connectivity index (χ1v) is 16.1. The Kier molecular flexibility index (Phi) is 9.54. The molecule has 1 aliphatic rings. The topological polar surface area (TPSA) is 78.9 Å². The zero-order valence-corrected chi connectivity index (χ0v) is 26.2. The first-order chi connectivity index (χ1) is 20.9. The number of nitrogens with zero attached hydrogens (tertiary/aromatic N) is 2. The van der Waals surface area contributed by atoms with Crippen molar-refractivity contribution < 1.29 is 31.1 Å². The largest absolute Gasteiger partial charge is 0.573 e. The van der Waals surface area contributed by atoms with Crippen LogP contribution in [-0.4, -0.2) is 51.8 Å². The van der Waals surface area contributed by atoms with Gasteiger partial charge in [0.2, 0.25) is 0 Å². The minimum Gasteiger partial charge on any atom is -0.404 e. The monoisotopic (exact) mass is 707 g/mol. The molecule has 0 radical (unpaired) electrons. The standard InChI is InChI=1S/C31H26BrClF3N3O4S/c32-24-9-14-29(28(19-24)43-31(34,35)36)44(41,42)37-30(40)22-7-12-26(13-8-22)39-17-15-38(16-18-39)20-23-3-1-2-4-27(23)21-5-10-25(33)11-6-21/h1-14,19H,15-18,20H2,(H,37,40). The highest BCUT2D eigenvalue weighted by Crippen LogP contribution is 2.32. The summed E-state index contributed by atoms with van der Waals surface area (Å²) in [7, 11) is -4.68. The second-order valence-electron chi connectivity index (χ2n) is 10.0. The number of halogens is 5. The van der Waals surface area contributed by atoms with Crippen LogP contribution in [0, 0.1) is 0 Å². The van der Waals surface area contributed by atoms with Crippen molar-refractivity contribution in [3.8, 4) is 16.9 Å². The Labute approximate surface area is 266 Å². The Morgan fingerprint density at radius 3 is 2.23 bits per heavy atom. The predicted octanol–water partition coefficient (Wildman–Crippen LogP) is 7.11. The quantitative estimate of drug-likeness (QED) is 0.210. The number of benzene rings is 4. The molecule has 0 aliphatic carbocycles. The summed E-state index contributed by atoms with van der Waals surface area (Å²) in [6.07, 6.45) is -5.13. The average molecular weight is 709 g/mol. The molecule has 0 aromatic heterocycles. The SMILES string of the molecule is O=C(NS(=O)(=O)c1ccc(Br)cc1OC(F)(F)F)c1ccc(N2CCN(Cc3ccccc3-c3ccc(Cl)cc3)CC2)cc1. The molecule has 230 valence electrons. The highest BCUT2D eigenvalue weighted by atomic mass is 79.9. The number of nitrogens with one attached hydrogen (secondary N) is 1. The fourth-order valence-corrected chi connectivity index (χ4v) is 6.49. The van der Waals surface area contributed by atoms with E-state index in [-0.39, 0.29) is 10.0 Å². The Morgan fingerprint density at radius 1 is 0.909 bits per heavy atom. The van der Waals surface area contributed by atoms with E-state index in [4.69, 9.17) is 11.6 Å². The summed E-state index contributed by atoms with van der Waals surface area (Å²) in [4.78, 5) is 16.5. The molecule has 0 saturated carbocycles. The first kappa shape index (κ1) is 31.8. The zero-order valence-electron chi connectivity index (χ0n) is 23.0. The van der Waals surface area contributed by atoms with Crippen molar-refractivity contribution in [3.05, 3.63) is 112 Å². The van der Waals surface area contributed by atoms with Gasteiger partial charge in [-0.1, -0.05) is 63.9 Å². The van der Waals surface area contributed by atoms with E-state index in [1.54, 1.807) is 12.1 Å². The number of piperazine rings is 1. The molecule has 4 aromatic rings. The van der Waals surface area contributed by atoms with Crippen LogP contribution >= 0.6 is 27.5 Å². The van der Waals surface area contributed by atoms with Crippen LogP contribution < -0.4 is 14.4 Å². The van der Waals surface area contributed by atoms with Crippen LogP contribution in [0.2, 0.25) is 5.02 Å². The second kappa shape index (κ2) is 13.2. The fourth-order valence-electron chi connectivity index (χ4n) is 4.94. The van der Waals surface area contributed by atoms with Crippen molar-refractivity contribution in [2.45, 2.75) is 17.8 Å². The Balaban J connectivity index is 1.20. The lowest BCUT2D eigenvalue weighted by Gasteiger charge is -2.36. The van der Waals surface area contributed by atoms with Crippen molar-refractivity contribution in [1.82, 2.24) is 9.62 Å². The molecule has 1 fully saturated rings. The van der Waals surface area contributed by atoms with Gasteiger partial charge in [0, 0.05) is 53.5 Å². The highest BCUT2D eigenvalue weighted by molar-refractivity contribution is 9.10. The summed E-state index contributed by atoms with van der Waals surface area (Å²) in [6.45, 7) is 3.90. The van der Waals surface area contributed by atoms with Crippen molar-refractivity contribution in [3.63, 3.8) is 0 Å². The van der Waals surface area contributed by atoms with Gasteiger partial charge >= 0.3 is 6.36 Å². The van der Waals surface area contributed by atoms with E-state index in [9.17, 15) is 26.4 Å². The lowest BCUT2D eigenvalue weighted by atomic mass is 9.99. The first-order valence-electron chi connectivity index (χ1n) is 13.4. The van der Waals surface area contributed by atoms with Crippen LogP contribution in [0.4, 0.5) is 18.9 Å². The third-order valence-corrected chi connectivity index (χ3v) is 9.20. The molecular formula is C31H26BrClF3N3O4S. The van der Waals surface area contributed by atoms with Gasteiger partial charge in [-0.15, -0.1) is 13.2 Å². The van der Waals surface area contributed by atoms with Crippen molar-refractivity contribution in [2.24, 2.45) is 0 Å². The summed E-state index contributed by atoms with van der Waals surface area (Å²) in [5, 5.41) is 0.690. The van der Waals surface area contributed by atoms with Gasteiger partial charge in [-0.3, -0.25) is 9.69 Å². The van der Waals surface area contributed by atoms with E-state index < -0.39 is 32.9 Å². The van der Waals surface area contributed by atoms with Crippen LogP contribution in [0.5, 0.6) is 5.75 Å². The van der Waals surface area contributed by atoms with Gasteiger partial charge in [-0.25, -0.2) is 13.1 Å². The Hall–Kier alpha value is -3.58. The molecule has 0 bridgehead atoms. The summed E-state index contributed by atoms with van der Waals surface area (Å²) in [5.41, 5.74) is 4.37. The number of sulfonamides is 1. The predicted molar refractivity (Wildman–Crippen MR) is 166 cm³/mol. The molecule has 13 heteroatoms. The van der Waals surface area contributed by atoms with E-state index >= 15 is 0 Å². The molecule has 5 rings (SSSR count). The molecule has 4 aromatic carbocycles. The summed E-state index contributed by atoms with van der Waals surface area (Å²) < 4.78 is 70.0. The number of amides is 1. The average Bonchev–Trinajstić information content (AvgIpc) is 2.97. The van der Waals surface area contributed by atoms with Gasteiger partial charge in [-0.05, 0) is 71.3 Å². The summed E-state index contributed by atoms with van der Waals surface area (Å²) in [5.74, 6) is -1.95. The molecule has 1 heterocycles. The zero-order chi connectivity index (χ0) is 31.5. The van der Waals surface area contributed by atoms with Crippen molar-refractivity contribution in [1.29, 1.82) is 0 Å². The van der Waals surface area contributed by atoms with Crippen molar-refractivity contribution >= 4 is 49.1 Å². The van der Waals surface area contributed by atoms with Crippen LogP contribution in [-0.2, 0) is 16.6 Å². The molecule has 7 nitrogen and oxygen atoms in total. The maximum Gasteiger partial charge on any atom is 0.573 e. The number of ether oxygens (including phenoxy) is 1. The third kappa shape index (κ3) is 7.92. The minimum absolute atomic E-state index is 0.0326. The van der Waals surface area contributed by atoms with Crippen molar-refractivity contribution in [2.75, 3.05) is 31.1 Å². The molecular weight excluding hydrogens is 683 g/mol. The maximum absolute atomic E-state index is 12.8. The Bertz CT molecular complexity index is 1750. The normalized spacial score (nSPS) is 14.3. The van der Waals surface area contributed by atoms with E-state index in [0.717, 1.165) is 61.7 Å². The number of hydrogen-bond acceptors (Lipinski definition) is 6.